The van der Waals surface area contributed by atoms with E-state index < -0.39 is 0 Å². The van der Waals surface area contributed by atoms with Gasteiger partial charge in [-0.05, 0) is 50.6 Å². The first-order valence-electron chi connectivity index (χ1n) is 6.03. The highest BCUT2D eigenvalue weighted by atomic mass is 32.1. The van der Waals surface area contributed by atoms with Gasteiger partial charge < -0.3 is 10.6 Å². The normalized spacial score (nSPS) is 23.8. The third-order valence-electron chi connectivity index (χ3n) is 3.58. The van der Waals surface area contributed by atoms with Gasteiger partial charge in [-0.1, -0.05) is 0 Å². The molecule has 2 heterocycles. The lowest BCUT2D eigenvalue weighted by atomic mass is 9.88. The number of thiophene rings is 1. The molecule has 17 heavy (non-hydrogen) atoms. The van der Waals surface area contributed by atoms with Gasteiger partial charge in [-0.15, -0.1) is 11.3 Å². The van der Waals surface area contributed by atoms with Gasteiger partial charge in [0.25, 0.3) is 5.91 Å². The Balaban J connectivity index is 2.26. The molecule has 1 aromatic heterocycles. The Morgan fingerprint density at radius 2 is 2.29 bits per heavy atom. The molecule has 0 saturated carbocycles. The van der Waals surface area contributed by atoms with Crippen LogP contribution in [0.1, 0.15) is 41.9 Å². The molecule has 94 valence electrons. The zero-order chi connectivity index (χ0) is 12.6. The largest absolute Gasteiger partial charge is 0.331 e. The second kappa shape index (κ2) is 4.42. The number of carbonyl (C=O) groups excluding carboxylic acids is 1. The number of rotatable bonds is 1. The number of nitrogens with zero attached hydrogens (tertiary/aromatic N) is 1. The van der Waals surface area contributed by atoms with Gasteiger partial charge in [-0.3, -0.25) is 4.79 Å². The summed E-state index contributed by atoms with van der Waals surface area (Å²) in [4.78, 5) is 15.3. The number of piperidine rings is 1. The Labute approximate surface area is 107 Å². The van der Waals surface area contributed by atoms with Crippen molar-refractivity contribution in [3.05, 3.63) is 21.9 Å². The predicted octanol–water partition coefficient (Wildman–Crippen LogP) is 2.40. The summed E-state index contributed by atoms with van der Waals surface area (Å²) in [6.45, 7) is 6.91. The summed E-state index contributed by atoms with van der Waals surface area (Å²) in [5.41, 5.74) is 6.97. The fraction of sp³-hybridized carbons (Fsp3) is 0.615. The molecule has 1 atom stereocenters. The van der Waals surface area contributed by atoms with Crippen LogP contribution in [0.2, 0.25) is 0 Å². The van der Waals surface area contributed by atoms with Crippen LogP contribution in [0.25, 0.3) is 0 Å². The van der Waals surface area contributed by atoms with E-state index in [1.807, 2.05) is 23.3 Å². The van der Waals surface area contributed by atoms with Gasteiger partial charge in [0.1, 0.15) is 0 Å². The van der Waals surface area contributed by atoms with Crippen molar-refractivity contribution < 1.29 is 4.79 Å². The van der Waals surface area contributed by atoms with E-state index in [2.05, 4.69) is 13.8 Å². The van der Waals surface area contributed by atoms with Crippen LogP contribution in [-0.2, 0) is 0 Å². The van der Waals surface area contributed by atoms with Crippen LogP contribution < -0.4 is 5.73 Å². The molecule has 2 N–H and O–H groups in total. The lowest BCUT2D eigenvalue weighted by Gasteiger charge is -2.44. The summed E-state index contributed by atoms with van der Waals surface area (Å²) in [6, 6.07) is 2.11. The molecule has 1 aromatic rings. The maximum absolute atomic E-state index is 12.5. The molecule has 0 bridgehead atoms. The fourth-order valence-electron chi connectivity index (χ4n) is 2.32. The quantitative estimate of drug-likeness (QED) is 0.834. The van der Waals surface area contributed by atoms with Crippen molar-refractivity contribution >= 4 is 17.2 Å². The molecular weight excluding hydrogens is 232 g/mol. The van der Waals surface area contributed by atoms with Gasteiger partial charge in [0.05, 0.1) is 4.88 Å². The van der Waals surface area contributed by atoms with E-state index in [0.29, 0.717) is 6.54 Å². The number of nitrogens with two attached hydrogens (primary N) is 1. The first kappa shape index (κ1) is 12.6. The second-order valence-corrected chi connectivity index (χ2v) is 6.38. The van der Waals surface area contributed by atoms with Crippen molar-refractivity contribution in [1.29, 1.82) is 0 Å². The van der Waals surface area contributed by atoms with Crippen LogP contribution in [0.15, 0.2) is 11.4 Å². The van der Waals surface area contributed by atoms with E-state index in [1.54, 1.807) is 0 Å². The van der Waals surface area contributed by atoms with Gasteiger partial charge in [0.2, 0.25) is 0 Å². The molecule has 1 aliphatic rings. The highest BCUT2D eigenvalue weighted by molar-refractivity contribution is 7.12. The minimum atomic E-state index is -0.0800. The zero-order valence-electron chi connectivity index (χ0n) is 10.7. The van der Waals surface area contributed by atoms with Crippen LogP contribution >= 0.6 is 11.3 Å². The number of carbonyl (C=O) groups is 1. The lowest BCUT2D eigenvalue weighted by molar-refractivity contribution is 0.0399. The van der Waals surface area contributed by atoms with Crippen molar-refractivity contribution in [3.8, 4) is 0 Å². The average molecular weight is 252 g/mol. The van der Waals surface area contributed by atoms with Crippen molar-refractivity contribution in [3.63, 3.8) is 0 Å². The lowest BCUT2D eigenvalue weighted by Crippen LogP contribution is -2.56. The first-order valence-corrected chi connectivity index (χ1v) is 6.91. The first-order chi connectivity index (χ1) is 7.92. The maximum atomic E-state index is 12.5. The van der Waals surface area contributed by atoms with E-state index in [-0.39, 0.29) is 17.5 Å². The SMILES string of the molecule is Cc1ccsc1C(=O)N1CC(N)CCC1(C)C. The van der Waals surface area contributed by atoms with Crippen LogP contribution in [0.3, 0.4) is 0 Å². The molecular formula is C13H20N2OS. The highest BCUT2D eigenvalue weighted by Gasteiger charge is 2.37. The molecule has 0 spiro atoms. The summed E-state index contributed by atoms with van der Waals surface area (Å²) < 4.78 is 0. The molecule has 0 aromatic carbocycles. The predicted molar refractivity (Wildman–Crippen MR) is 71.4 cm³/mol. The van der Waals surface area contributed by atoms with Crippen molar-refractivity contribution in [1.82, 2.24) is 4.90 Å². The second-order valence-electron chi connectivity index (χ2n) is 5.46. The number of hydrogen-bond donors (Lipinski definition) is 1. The third-order valence-corrected chi connectivity index (χ3v) is 4.58. The Bertz CT molecular complexity index is 425. The van der Waals surface area contributed by atoms with Gasteiger partial charge in [0.15, 0.2) is 0 Å². The fourth-order valence-corrected chi connectivity index (χ4v) is 3.19. The van der Waals surface area contributed by atoms with Crippen LogP contribution in [-0.4, -0.2) is 28.9 Å². The molecule has 1 fully saturated rings. The zero-order valence-corrected chi connectivity index (χ0v) is 11.5. The molecule has 1 aliphatic heterocycles. The smallest absolute Gasteiger partial charge is 0.264 e. The Hall–Kier alpha value is -0.870. The molecule has 1 saturated heterocycles. The summed E-state index contributed by atoms with van der Waals surface area (Å²) in [7, 11) is 0. The standard InChI is InChI=1S/C13H20N2OS/c1-9-5-7-17-11(9)12(16)15-8-10(14)4-6-13(15,2)3/h5,7,10H,4,6,8,14H2,1-3H3. The highest BCUT2D eigenvalue weighted by Crippen LogP contribution is 2.30. The minimum absolute atomic E-state index is 0.0800. The van der Waals surface area contributed by atoms with Gasteiger partial charge >= 0.3 is 0 Å². The molecule has 1 amide bonds. The van der Waals surface area contributed by atoms with E-state index in [1.165, 1.54) is 11.3 Å². The molecule has 3 nitrogen and oxygen atoms in total. The van der Waals surface area contributed by atoms with E-state index in [0.717, 1.165) is 23.3 Å². The number of likely N-dealkylation sites (tertiary alicyclic amines) is 1. The minimum Gasteiger partial charge on any atom is -0.331 e. The third kappa shape index (κ3) is 2.38. The summed E-state index contributed by atoms with van der Waals surface area (Å²) in [5, 5.41) is 1.97. The van der Waals surface area contributed by atoms with E-state index in [4.69, 9.17) is 5.73 Å². The van der Waals surface area contributed by atoms with Gasteiger partial charge in [0, 0.05) is 18.1 Å². The summed E-state index contributed by atoms with van der Waals surface area (Å²) in [6.07, 6.45) is 1.98. The van der Waals surface area contributed by atoms with Crippen LogP contribution in [0.5, 0.6) is 0 Å². The Morgan fingerprint density at radius 1 is 1.59 bits per heavy atom. The number of aryl methyl sites for hydroxylation is 1. The molecule has 2 rings (SSSR count). The van der Waals surface area contributed by atoms with E-state index >= 15 is 0 Å². The topological polar surface area (TPSA) is 46.3 Å². The van der Waals surface area contributed by atoms with Crippen molar-refractivity contribution in [2.45, 2.75) is 45.2 Å². The summed E-state index contributed by atoms with van der Waals surface area (Å²) >= 11 is 1.52. The number of hydrogen-bond acceptors (Lipinski definition) is 3. The van der Waals surface area contributed by atoms with E-state index in [9.17, 15) is 4.79 Å². The molecule has 1 unspecified atom stereocenters. The summed E-state index contributed by atoms with van der Waals surface area (Å²) in [5.74, 6) is 0.137. The monoisotopic (exact) mass is 252 g/mol. The van der Waals surface area contributed by atoms with Gasteiger partial charge in [-0.25, -0.2) is 0 Å². The van der Waals surface area contributed by atoms with Crippen LogP contribution in [0.4, 0.5) is 0 Å². The molecule has 0 aliphatic carbocycles. The molecule has 0 radical (unpaired) electrons. The van der Waals surface area contributed by atoms with Gasteiger partial charge in [-0.2, -0.15) is 0 Å². The Kier molecular flexibility index (Phi) is 3.27. The molecule has 4 heteroatoms. The Morgan fingerprint density at radius 3 is 2.88 bits per heavy atom. The average Bonchev–Trinajstić information content (AvgIpc) is 2.67. The van der Waals surface area contributed by atoms with Crippen molar-refractivity contribution in [2.75, 3.05) is 6.54 Å². The van der Waals surface area contributed by atoms with Crippen molar-refractivity contribution in [2.24, 2.45) is 5.73 Å². The van der Waals surface area contributed by atoms with Crippen LogP contribution in [0, 0.1) is 6.92 Å². The number of amides is 1. The maximum Gasteiger partial charge on any atom is 0.264 e.